The van der Waals surface area contributed by atoms with Crippen molar-refractivity contribution in [2.24, 2.45) is 0 Å². The molecule has 4 nitrogen and oxygen atoms in total. The van der Waals surface area contributed by atoms with Gasteiger partial charge in [-0.2, -0.15) is 0 Å². The largest absolute Gasteiger partial charge is 0.359 e. The van der Waals surface area contributed by atoms with Crippen LogP contribution in [0.3, 0.4) is 0 Å². The van der Waals surface area contributed by atoms with Gasteiger partial charge in [0, 0.05) is 33.0 Å². The summed E-state index contributed by atoms with van der Waals surface area (Å²) in [5.41, 5.74) is 0. The van der Waals surface area contributed by atoms with Crippen molar-refractivity contribution in [2.45, 2.75) is 96.3 Å². The Labute approximate surface area is 148 Å². The molecule has 0 spiro atoms. The van der Waals surface area contributed by atoms with Gasteiger partial charge in [-0.1, -0.05) is 64.2 Å². The van der Waals surface area contributed by atoms with E-state index in [-0.39, 0.29) is 5.91 Å². The minimum Gasteiger partial charge on any atom is -0.359 e. The molecular formula is C20H38N2O2. The van der Waals surface area contributed by atoms with Crippen LogP contribution < -0.4 is 5.32 Å². The Morgan fingerprint density at radius 2 is 1.12 bits per heavy atom. The number of hydrogen-bond acceptors (Lipinski definition) is 2. The van der Waals surface area contributed by atoms with Crippen molar-refractivity contribution < 1.29 is 9.59 Å². The van der Waals surface area contributed by atoms with Crippen LogP contribution in [0.15, 0.2) is 0 Å². The summed E-state index contributed by atoms with van der Waals surface area (Å²) in [6, 6.07) is 0. The fourth-order valence-electron chi connectivity index (χ4n) is 3.18. The molecule has 1 saturated heterocycles. The Kier molecular flexibility index (Phi) is 12.5. The number of nitrogens with one attached hydrogen (secondary N) is 1. The van der Waals surface area contributed by atoms with Gasteiger partial charge in [-0.25, -0.2) is 0 Å². The van der Waals surface area contributed by atoms with Crippen LogP contribution in [0, 0.1) is 0 Å². The van der Waals surface area contributed by atoms with Crippen molar-refractivity contribution in [3.63, 3.8) is 0 Å². The predicted octanol–water partition coefficient (Wildman–Crippen LogP) is 4.43. The normalized spacial score (nSPS) is 13.6. The smallest absolute Gasteiger partial charge is 0.222 e. The third-order valence-electron chi connectivity index (χ3n) is 5.03. The van der Waals surface area contributed by atoms with Gasteiger partial charge in [0.2, 0.25) is 11.8 Å². The van der Waals surface area contributed by atoms with E-state index in [1.54, 1.807) is 7.05 Å². The zero-order chi connectivity index (χ0) is 17.5. The average Bonchev–Trinajstić information content (AvgIpc) is 2.53. The molecule has 1 aliphatic heterocycles. The molecule has 1 N–H and O–H groups in total. The van der Waals surface area contributed by atoms with E-state index in [1.165, 1.54) is 70.6 Å². The lowest BCUT2D eigenvalue weighted by Gasteiger charge is -2.30. The molecule has 24 heavy (non-hydrogen) atoms. The van der Waals surface area contributed by atoms with Crippen LogP contribution >= 0.6 is 0 Å². The molecular weight excluding hydrogens is 300 g/mol. The molecule has 0 atom stereocenters. The lowest BCUT2D eigenvalue weighted by molar-refractivity contribution is -0.134. The molecule has 4 heteroatoms. The highest BCUT2D eigenvalue weighted by molar-refractivity contribution is 5.76. The second-order valence-corrected chi connectivity index (χ2v) is 7.15. The van der Waals surface area contributed by atoms with E-state index in [0.29, 0.717) is 12.3 Å². The van der Waals surface area contributed by atoms with E-state index in [4.69, 9.17) is 0 Å². The summed E-state index contributed by atoms with van der Waals surface area (Å²) in [6.07, 6.45) is 17.7. The maximum absolute atomic E-state index is 11.7. The molecule has 1 fully saturated rings. The van der Waals surface area contributed by atoms with Gasteiger partial charge in [0.1, 0.15) is 0 Å². The number of unbranched alkanes of at least 4 members (excludes halogenated alkanes) is 11. The van der Waals surface area contributed by atoms with E-state index in [9.17, 15) is 9.59 Å². The van der Waals surface area contributed by atoms with Gasteiger partial charge in [-0.05, 0) is 19.3 Å². The fourth-order valence-corrected chi connectivity index (χ4v) is 3.18. The second-order valence-electron chi connectivity index (χ2n) is 7.15. The monoisotopic (exact) mass is 338 g/mol. The van der Waals surface area contributed by atoms with Crippen molar-refractivity contribution in [1.29, 1.82) is 0 Å². The van der Waals surface area contributed by atoms with Gasteiger partial charge in [-0.3, -0.25) is 9.59 Å². The zero-order valence-corrected chi connectivity index (χ0v) is 15.8. The topological polar surface area (TPSA) is 49.4 Å². The van der Waals surface area contributed by atoms with Crippen molar-refractivity contribution in [1.82, 2.24) is 10.2 Å². The van der Waals surface area contributed by atoms with E-state index in [1.807, 2.05) is 4.90 Å². The maximum atomic E-state index is 11.7. The van der Waals surface area contributed by atoms with Crippen LogP contribution in [0.5, 0.6) is 0 Å². The Bertz CT molecular complexity index is 341. The number of nitrogens with zero attached hydrogens (tertiary/aromatic N) is 1. The third-order valence-corrected chi connectivity index (χ3v) is 5.03. The van der Waals surface area contributed by atoms with Crippen LogP contribution in [-0.4, -0.2) is 36.9 Å². The molecule has 0 aromatic heterocycles. The molecule has 0 saturated carbocycles. The second kappa shape index (κ2) is 14.3. The van der Waals surface area contributed by atoms with Crippen molar-refractivity contribution in [3.8, 4) is 0 Å². The van der Waals surface area contributed by atoms with E-state index in [0.717, 1.165) is 32.4 Å². The molecule has 1 rings (SSSR count). The number of carbonyl (C=O) groups excluding carboxylic acids is 2. The van der Waals surface area contributed by atoms with Gasteiger partial charge in [0.05, 0.1) is 0 Å². The molecule has 0 aliphatic carbocycles. The maximum Gasteiger partial charge on any atom is 0.222 e. The standard InChI is InChI=1S/C20H38N2O2/c1-21-19(23)15-12-10-8-6-4-2-3-5-7-9-11-13-16-20(24)22-17-14-18-22/h2-18H2,1H3,(H,21,23). The number of amides is 2. The number of rotatable bonds is 15. The zero-order valence-electron chi connectivity index (χ0n) is 15.8. The molecule has 1 aliphatic rings. The Balaban J connectivity index is 1.70. The van der Waals surface area contributed by atoms with Gasteiger partial charge in [0.25, 0.3) is 0 Å². The predicted molar refractivity (Wildman–Crippen MR) is 99.9 cm³/mol. The molecule has 0 aromatic rings. The first kappa shape index (κ1) is 21.0. The quantitative estimate of drug-likeness (QED) is 0.449. The van der Waals surface area contributed by atoms with Crippen LogP contribution in [-0.2, 0) is 9.59 Å². The van der Waals surface area contributed by atoms with Crippen LogP contribution in [0.2, 0.25) is 0 Å². The van der Waals surface area contributed by atoms with Gasteiger partial charge >= 0.3 is 0 Å². The van der Waals surface area contributed by atoms with Gasteiger partial charge in [-0.15, -0.1) is 0 Å². The van der Waals surface area contributed by atoms with Crippen molar-refractivity contribution in [3.05, 3.63) is 0 Å². The molecule has 1 heterocycles. The van der Waals surface area contributed by atoms with Crippen LogP contribution in [0.25, 0.3) is 0 Å². The van der Waals surface area contributed by atoms with Gasteiger partial charge in [0.15, 0.2) is 0 Å². The molecule has 0 bridgehead atoms. The first-order valence-corrected chi connectivity index (χ1v) is 10.2. The molecule has 2 amide bonds. The summed E-state index contributed by atoms with van der Waals surface area (Å²) in [5.74, 6) is 0.538. The van der Waals surface area contributed by atoms with Crippen molar-refractivity contribution in [2.75, 3.05) is 20.1 Å². The average molecular weight is 339 g/mol. The highest BCUT2D eigenvalue weighted by Gasteiger charge is 2.18. The first-order chi connectivity index (χ1) is 11.7. The lowest BCUT2D eigenvalue weighted by atomic mass is 10.0. The molecule has 140 valence electrons. The highest BCUT2D eigenvalue weighted by Crippen LogP contribution is 2.14. The summed E-state index contributed by atoms with van der Waals surface area (Å²) in [7, 11) is 1.70. The Morgan fingerprint density at radius 1 is 0.708 bits per heavy atom. The first-order valence-electron chi connectivity index (χ1n) is 10.2. The van der Waals surface area contributed by atoms with Gasteiger partial charge < -0.3 is 10.2 Å². The summed E-state index contributed by atoms with van der Waals surface area (Å²) >= 11 is 0. The minimum atomic E-state index is 0.167. The Hall–Kier alpha value is -1.06. The third kappa shape index (κ3) is 10.7. The van der Waals surface area contributed by atoms with Crippen LogP contribution in [0.1, 0.15) is 96.3 Å². The summed E-state index contributed by atoms with van der Waals surface area (Å²) < 4.78 is 0. The molecule has 0 aromatic carbocycles. The van der Waals surface area contributed by atoms with E-state index in [2.05, 4.69) is 5.32 Å². The Morgan fingerprint density at radius 3 is 1.50 bits per heavy atom. The summed E-state index contributed by atoms with van der Waals surface area (Å²) in [6.45, 7) is 1.99. The van der Waals surface area contributed by atoms with E-state index >= 15 is 0 Å². The summed E-state index contributed by atoms with van der Waals surface area (Å²) in [4.78, 5) is 24.7. The highest BCUT2D eigenvalue weighted by atomic mass is 16.2. The molecule has 0 radical (unpaired) electrons. The molecule has 0 unspecified atom stereocenters. The number of likely N-dealkylation sites (tertiary alicyclic amines) is 1. The SMILES string of the molecule is CNC(=O)CCCCCCCCCCCCCCC(=O)N1CCC1. The lowest BCUT2D eigenvalue weighted by Crippen LogP contribution is -2.41. The minimum absolute atomic E-state index is 0.167. The van der Waals surface area contributed by atoms with Crippen molar-refractivity contribution >= 4 is 11.8 Å². The number of hydrogen-bond donors (Lipinski definition) is 1. The number of carbonyl (C=O) groups is 2. The summed E-state index contributed by atoms with van der Waals surface area (Å²) in [5, 5.41) is 2.67. The van der Waals surface area contributed by atoms with Crippen LogP contribution in [0.4, 0.5) is 0 Å². The fraction of sp³-hybridized carbons (Fsp3) is 0.900. The van der Waals surface area contributed by atoms with E-state index < -0.39 is 0 Å².